The maximum absolute atomic E-state index is 11.8. The van der Waals surface area contributed by atoms with Crippen LogP contribution in [0.5, 0.6) is 0 Å². The van der Waals surface area contributed by atoms with Gasteiger partial charge in [-0.2, -0.15) is 13.2 Å². The third-order valence-electron chi connectivity index (χ3n) is 1.47. The monoisotopic (exact) mass is 200 g/mol. The van der Waals surface area contributed by atoms with Crippen LogP contribution in [0.2, 0.25) is 0 Å². The number of esters is 1. The lowest BCUT2D eigenvalue weighted by Gasteiger charge is -2.19. The lowest BCUT2D eigenvalue weighted by Crippen LogP contribution is -2.39. The summed E-state index contributed by atoms with van der Waals surface area (Å²) >= 11 is 0. The van der Waals surface area contributed by atoms with Gasteiger partial charge in [0, 0.05) is 0 Å². The van der Waals surface area contributed by atoms with E-state index in [1.54, 1.807) is 0 Å². The van der Waals surface area contributed by atoms with Crippen LogP contribution in [0.1, 0.15) is 13.8 Å². The van der Waals surface area contributed by atoms with Gasteiger partial charge in [0.05, 0.1) is 12.5 Å². The molecule has 0 unspecified atom stereocenters. The van der Waals surface area contributed by atoms with Gasteiger partial charge < -0.3 is 9.84 Å². The van der Waals surface area contributed by atoms with E-state index in [9.17, 15) is 18.0 Å². The number of halogens is 3. The van der Waals surface area contributed by atoms with E-state index in [0.29, 0.717) is 0 Å². The van der Waals surface area contributed by atoms with Crippen LogP contribution < -0.4 is 0 Å². The molecule has 78 valence electrons. The van der Waals surface area contributed by atoms with Crippen molar-refractivity contribution >= 4 is 5.97 Å². The second-order valence-electron chi connectivity index (χ2n) is 2.53. The molecule has 0 aromatic rings. The molecule has 13 heavy (non-hydrogen) atoms. The maximum Gasteiger partial charge on any atom is 0.415 e. The summed E-state index contributed by atoms with van der Waals surface area (Å²) in [6.45, 7) is 2.44. The minimum Gasteiger partial charge on any atom is -0.466 e. The quantitative estimate of drug-likeness (QED) is 0.694. The Morgan fingerprint density at radius 2 is 2.00 bits per heavy atom. The van der Waals surface area contributed by atoms with Crippen LogP contribution in [0.25, 0.3) is 0 Å². The highest BCUT2D eigenvalue weighted by atomic mass is 19.4. The average Bonchev–Trinajstić information content (AvgIpc) is 2.00. The molecule has 0 radical (unpaired) electrons. The fraction of sp³-hybridized carbons (Fsp3) is 0.857. The molecule has 0 amide bonds. The van der Waals surface area contributed by atoms with E-state index in [4.69, 9.17) is 5.11 Å². The fourth-order valence-electron chi connectivity index (χ4n) is 0.686. The highest BCUT2D eigenvalue weighted by molar-refractivity contribution is 5.72. The van der Waals surface area contributed by atoms with Crippen molar-refractivity contribution in [3.63, 3.8) is 0 Å². The molecule has 0 spiro atoms. The lowest BCUT2D eigenvalue weighted by molar-refractivity contribution is -0.222. The molecule has 0 aromatic carbocycles. The van der Waals surface area contributed by atoms with Gasteiger partial charge in [0.2, 0.25) is 0 Å². The van der Waals surface area contributed by atoms with E-state index in [-0.39, 0.29) is 6.61 Å². The van der Waals surface area contributed by atoms with Crippen molar-refractivity contribution in [1.29, 1.82) is 0 Å². The zero-order chi connectivity index (χ0) is 10.6. The van der Waals surface area contributed by atoms with Gasteiger partial charge in [-0.15, -0.1) is 0 Å². The van der Waals surface area contributed by atoms with Crippen molar-refractivity contribution in [3.05, 3.63) is 0 Å². The highest BCUT2D eigenvalue weighted by Gasteiger charge is 2.44. The Morgan fingerprint density at radius 3 is 2.31 bits per heavy atom. The molecule has 3 nitrogen and oxygen atoms in total. The SMILES string of the molecule is CCOC(=O)[C@@H](C)[C@H](O)C(F)(F)F. The Morgan fingerprint density at radius 1 is 1.54 bits per heavy atom. The number of ether oxygens (including phenoxy) is 1. The number of rotatable bonds is 3. The molecule has 6 heteroatoms. The smallest absolute Gasteiger partial charge is 0.415 e. The van der Waals surface area contributed by atoms with Crippen LogP contribution in [-0.2, 0) is 9.53 Å². The van der Waals surface area contributed by atoms with Gasteiger partial charge in [-0.25, -0.2) is 0 Å². The van der Waals surface area contributed by atoms with E-state index in [0.717, 1.165) is 6.92 Å². The molecule has 0 rings (SSSR count). The van der Waals surface area contributed by atoms with Crippen LogP contribution >= 0.6 is 0 Å². The molecule has 0 aliphatic carbocycles. The zero-order valence-corrected chi connectivity index (χ0v) is 7.26. The summed E-state index contributed by atoms with van der Waals surface area (Å²) in [6, 6.07) is 0. The molecule has 0 saturated carbocycles. The van der Waals surface area contributed by atoms with Crippen LogP contribution in [-0.4, -0.2) is 30.0 Å². The van der Waals surface area contributed by atoms with E-state index in [1.165, 1.54) is 6.92 Å². The first-order chi connectivity index (χ1) is 5.80. The summed E-state index contributed by atoms with van der Waals surface area (Å²) in [7, 11) is 0. The first kappa shape index (κ1) is 12.2. The van der Waals surface area contributed by atoms with Gasteiger partial charge in [0.1, 0.15) is 0 Å². The van der Waals surface area contributed by atoms with Crippen LogP contribution in [0.4, 0.5) is 13.2 Å². The Balaban J connectivity index is 4.25. The van der Waals surface area contributed by atoms with Gasteiger partial charge in [-0.3, -0.25) is 4.79 Å². The van der Waals surface area contributed by atoms with Crippen LogP contribution in [0, 0.1) is 5.92 Å². The Bertz CT molecular complexity index is 178. The normalized spacial score (nSPS) is 16.5. The maximum atomic E-state index is 11.8. The number of hydrogen-bond donors (Lipinski definition) is 1. The molecule has 1 N–H and O–H groups in total. The van der Waals surface area contributed by atoms with Gasteiger partial charge in [0.15, 0.2) is 6.10 Å². The predicted molar refractivity (Wildman–Crippen MR) is 37.9 cm³/mol. The Kier molecular flexibility index (Phi) is 4.19. The summed E-state index contributed by atoms with van der Waals surface area (Å²) in [4.78, 5) is 10.7. The van der Waals surface area contributed by atoms with Crippen molar-refractivity contribution in [1.82, 2.24) is 0 Å². The van der Waals surface area contributed by atoms with Crippen molar-refractivity contribution in [2.24, 2.45) is 5.92 Å². The second-order valence-corrected chi connectivity index (χ2v) is 2.53. The molecule has 0 aliphatic rings. The summed E-state index contributed by atoms with van der Waals surface area (Å²) in [6.07, 6.45) is -7.45. The van der Waals surface area contributed by atoms with Crippen molar-refractivity contribution in [2.75, 3.05) is 6.61 Å². The molecular weight excluding hydrogens is 189 g/mol. The van der Waals surface area contributed by atoms with Gasteiger partial charge in [-0.05, 0) is 13.8 Å². The van der Waals surface area contributed by atoms with Gasteiger partial charge in [0.25, 0.3) is 0 Å². The van der Waals surface area contributed by atoms with Gasteiger partial charge in [-0.1, -0.05) is 0 Å². The number of carbonyl (C=O) groups is 1. The van der Waals surface area contributed by atoms with E-state index in [2.05, 4.69) is 4.74 Å². The Hall–Kier alpha value is -0.780. The average molecular weight is 200 g/mol. The summed E-state index contributed by atoms with van der Waals surface area (Å²) in [5.41, 5.74) is 0. The fourth-order valence-corrected chi connectivity index (χ4v) is 0.686. The molecule has 2 atom stereocenters. The molecule has 0 fully saturated rings. The number of hydrogen-bond acceptors (Lipinski definition) is 3. The molecule has 0 aliphatic heterocycles. The molecule has 0 saturated heterocycles. The minimum atomic E-state index is -4.79. The number of alkyl halides is 3. The van der Waals surface area contributed by atoms with E-state index >= 15 is 0 Å². The van der Waals surface area contributed by atoms with E-state index in [1.807, 2.05) is 0 Å². The largest absolute Gasteiger partial charge is 0.466 e. The second kappa shape index (κ2) is 4.45. The van der Waals surface area contributed by atoms with Crippen molar-refractivity contribution in [3.8, 4) is 0 Å². The topological polar surface area (TPSA) is 46.5 Å². The van der Waals surface area contributed by atoms with Crippen LogP contribution in [0.15, 0.2) is 0 Å². The summed E-state index contributed by atoms with van der Waals surface area (Å²) in [5.74, 6) is -2.63. The van der Waals surface area contributed by atoms with Crippen molar-refractivity contribution < 1.29 is 27.8 Å². The highest BCUT2D eigenvalue weighted by Crippen LogP contribution is 2.25. The van der Waals surface area contributed by atoms with E-state index < -0.39 is 24.2 Å². The third kappa shape index (κ3) is 3.63. The van der Waals surface area contributed by atoms with Crippen LogP contribution in [0.3, 0.4) is 0 Å². The standard InChI is InChI=1S/C7H11F3O3/c1-3-13-6(12)4(2)5(11)7(8,9)10/h4-5,11H,3H2,1-2H3/t4-,5-/m0/s1. The zero-order valence-electron chi connectivity index (χ0n) is 7.26. The first-order valence-corrected chi connectivity index (χ1v) is 3.72. The van der Waals surface area contributed by atoms with Crippen molar-refractivity contribution in [2.45, 2.75) is 26.1 Å². The number of aliphatic hydroxyl groups is 1. The minimum absolute atomic E-state index is 0.00620. The molecule has 0 bridgehead atoms. The first-order valence-electron chi connectivity index (χ1n) is 3.72. The summed E-state index contributed by atoms with van der Waals surface area (Å²) in [5, 5.41) is 8.63. The predicted octanol–water partition coefficient (Wildman–Crippen LogP) is 1.11. The molecular formula is C7H11F3O3. The molecule has 0 heterocycles. The third-order valence-corrected chi connectivity index (χ3v) is 1.47. The molecule has 0 aromatic heterocycles. The van der Waals surface area contributed by atoms with Gasteiger partial charge >= 0.3 is 12.1 Å². The summed E-state index contributed by atoms with van der Waals surface area (Å²) < 4.78 is 39.8. The Labute approximate surface area is 73.5 Å². The number of aliphatic hydroxyl groups excluding tert-OH is 1. The lowest BCUT2D eigenvalue weighted by atomic mass is 10.1. The number of carbonyl (C=O) groups excluding carboxylic acids is 1.